The lowest BCUT2D eigenvalue weighted by molar-refractivity contribution is -0.106. The fourth-order valence-corrected chi connectivity index (χ4v) is 2.26. The average molecular weight is 390 g/mol. The van der Waals surface area contributed by atoms with Gasteiger partial charge in [0.25, 0.3) is 0 Å². The third-order valence-electron chi connectivity index (χ3n) is 4.17. The van der Waals surface area contributed by atoms with Crippen molar-refractivity contribution in [3.05, 3.63) is 30.1 Å². The smallest absolute Gasteiger partial charge is 0.125 e. The second kappa shape index (κ2) is 19.8. The molecule has 0 spiro atoms. The van der Waals surface area contributed by atoms with Crippen molar-refractivity contribution in [1.82, 2.24) is 4.98 Å². The molecule has 0 saturated heterocycles. The molecule has 0 aliphatic rings. The Bertz CT molecular complexity index is 565. The first-order valence-electron chi connectivity index (χ1n) is 10.8. The van der Waals surface area contributed by atoms with E-state index in [0.29, 0.717) is 5.92 Å². The molecule has 1 N–H and O–H groups in total. The van der Waals surface area contributed by atoms with E-state index in [9.17, 15) is 0 Å². The normalized spacial score (nSPS) is 13.1. The van der Waals surface area contributed by atoms with E-state index in [1.54, 1.807) is 0 Å². The first-order valence-corrected chi connectivity index (χ1v) is 10.8. The molecule has 0 radical (unpaired) electrons. The van der Waals surface area contributed by atoms with Crippen molar-refractivity contribution in [2.45, 2.75) is 93.9 Å². The predicted octanol–water partition coefficient (Wildman–Crippen LogP) is 7.48. The monoisotopic (exact) mass is 389 g/mol. The van der Waals surface area contributed by atoms with Crippen molar-refractivity contribution < 1.29 is 4.79 Å². The Balaban J connectivity index is 0. The van der Waals surface area contributed by atoms with Gasteiger partial charge in [-0.2, -0.15) is 0 Å². The first kappa shape index (κ1) is 28.2. The Kier molecular flexibility index (Phi) is 20.0. The van der Waals surface area contributed by atoms with E-state index >= 15 is 0 Å². The van der Waals surface area contributed by atoms with Gasteiger partial charge in [-0.25, -0.2) is 9.98 Å². The number of hydrogen-bond donors (Lipinski definition) is 1. The van der Waals surface area contributed by atoms with E-state index in [4.69, 9.17) is 4.79 Å². The van der Waals surface area contributed by atoms with Crippen LogP contribution < -0.4 is 0 Å². The minimum absolute atomic E-state index is 0.509. The number of aromatic nitrogens is 1. The van der Waals surface area contributed by atoms with E-state index in [0.717, 1.165) is 42.1 Å². The van der Waals surface area contributed by atoms with Crippen LogP contribution >= 0.6 is 0 Å². The largest absolute Gasteiger partial charge is 0.360 e. The molecule has 0 aromatic carbocycles. The Morgan fingerprint density at radius 1 is 1.11 bits per heavy atom. The van der Waals surface area contributed by atoms with Gasteiger partial charge in [0.2, 0.25) is 0 Å². The molecule has 1 unspecified atom stereocenters. The molecule has 0 amide bonds. The standard InChI is InChI=1S/C16H25N3.C6H14.C2H4O/c1-6-9-16(15-10-8-11-17-15)19-14(5)18-13(4)12(3)7-2;1-3-5-6-4-2;1-2-3/h8-12,17H,6-7H2,1-5H3;3-6H2,1-2H3;2H,1H3/b16-9+,18-13?,19-14?;;. The third-order valence-corrected chi connectivity index (χ3v) is 4.17. The Hall–Kier alpha value is -1.97. The molecule has 0 bridgehead atoms. The topological polar surface area (TPSA) is 57.6 Å². The molecular formula is C24H43N3O. The summed E-state index contributed by atoms with van der Waals surface area (Å²) in [4.78, 5) is 21.2. The lowest BCUT2D eigenvalue weighted by atomic mass is 10.0. The van der Waals surface area contributed by atoms with Crippen LogP contribution in [0.3, 0.4) is 0 Å². The van der Waals surface area contributed by atoms with Gasteiger partial charge in [0.1, 0.15) is 12.1 Å². The number of nitrogens with zero attached hydrogens (tertiary/aromatic N) is 2. The number of rotatable bonds is 8. The number of aldehydes is 1. The first-order chi connectivity index (χ1) is 13.4. The lowest BCUT2D eigenvalue weighted by Crippen LogP contribution is -2.07. The van der Waals surface area contributed by atoms with Crippen LogP contribution in [0, 0.1) is 5.92 Å². The van der Waals surface area contributed by atoms with Crippen LogP contribution in [0.2, 0.25) is 0 Å². The summed E-state index contributed by atoms with van der Waals surface area (Å²) >= 11 is 0. The Morgan fingerprint density at radius 2 is 1.68 bits per heavy atom. The molecule has 1 atom stereocenters. The summed E-state index contributed by atoms with van der Waals surface area (Å²) in [5.41, 5.74) is 3.15. The fraction of sp³-hybridized carbons (Fsp3) is 0.625. The van der Waals surface area contributed by atoms with Gasteiger partial charge in [-0.3, -0.25) is 0 Å². The van der Waals surface area contributed by atoms with E-state index in [2.05, 4.69) is 62.6 Å². The van der Waals surface area contributed by atoms with Crippen LogP contribution in [0.15, 0.2) is 34.4 Å². The summed E-state index contributed by atoms with van der Waals surface area (Å²) in [6.45, 7) is 16.4. The highest BCUT2D eigenvalue weighted by Gasteiger charge is 2.04. The van der Waals surface area contributed by atoms with E-state index in [1.807, 2.05) is 25.3 Å². The van der Waals surface area contributed by atoms with Gasteiger partial charge >= 0.3 is 0 Å². The number of H-pyrrole nitrogens is 1. The number of aliphatic imine (C=N–C) groups is 2. The summed E-state index contributed by atoms with van der Waals surface area (Å²) in [5.74, 6) is 1.32. The highest BCUT2D eigenvalue weighted by atomic mass is 16.1. The zero-order valence-electron chi connectivity index (χ0n) is 19.5. The third kappa shape index (κ3) is 15.1. The predicted molar refractivity (Wildman–Crippen MR) is 126 cm³/mol. The van der Waals surface area contributed by atoms with Crippen molar-refractivity contribution in [1.29, 1.82) is 0 Å². The molecule has 1 aromatic rings. The maximum absolute atomic E-state index is 8.81. The number of hydrogen-bond acceptors (Lipinski definition) is 2. The van der Waals surface area contributed by atoms with Crippen LogP contribution in [0.25, 0.3) is 5.70 Å². The lowest BCUT2D eigenvalue weighted by Gasteiger charge is -2.07. The fourth-order valence-electron chi connectivity index (χ4n) is 2.26. The van der Waals surface area contributed by atoms with Crippen LogP contribution in [0.5, 0.6) is 0 Å². The molecule has 0 fully saturated rings. The highest BCUT2D eigenvalue weighted by molar-refractivity contribution is 5.98. The number of aromatic amines is 1. The zero-order chi connectivity index (χ0) is 21.8. The maximum atomic E-state index is 8.81. The second-order valence-electron chi connectivity index (χ2n) is 6.75. The number of allylic oxidation sites excluding steroid dienone is 1. The molecular weight excluding hydrogens is 346 g/mol. The van der Waals surface area contributed by atoms with E-state index < -0.39 is 0 Å². The van der Waals surface area contributed by atoms with Crippen molar-refractivity contribution in [2.24, 2.45) is 15.9 Å². The number of unbranched alkanes of at least 4 members (excludes halogenated alkanes) is 3. The summed E-state index contributed by atoms with van der Waals surface area (Å²) in [6.07, 6.45) is 12.4. The van der Waals surface area contributed by atoms with Crippen molar-refractivity contribution in [3.63, 3.8) is 0 Å². The van der Waals surface area contributed by atoms with Crippen LogP contribution in [0.1, 0.15) is 99.6 Å². The number of amidine groups is 1. The van der Waals surface area contributed by atoms with Gasteiger partial charge in [-0.05, 0) is 51.7 Å². The van der Waals surface area contributed by atoms with Crippen molar-refractivity contribution in [3.8, 4) is 0 Å². The molecule has 1 aromatic heterocycles. The van der Waals surface area contributed by atoms with Crippen LogP contribution in [0.4, 0.5) is 0 Å². The van der Waals surface area contributed by atoms with Gasteiger partial charge < -0.3 is 9.78 Å². The Labute approximate surface area is 173 Å². The summed E-state index contributed by atoms with van der Waals surface area (Å²) in [5, 5.41) is 0. The average Bonchev–Trinajstić information content (AvgIpc) is 3.21. The second-order valence-corrected chi connectivity index (χ2v) is 6.75. The molecule has 4 nitrogen and oxygen atoms in total. The van der Waals surface area contributed by atoms with Crippen LogP contribution in [-0.4, -0.2) is 22.8 Å². The Morgan fingerprint density at radius 3 is 2.07 bits per heavy atom. The zero-order valence-corrected chi connectivity index (χ0v) is 19.5. The van der Waals surface area contributed by atoms with Gasteiger partial charge in [0.05, 0.1) is 11.4 Å². The molecule has 0 aliphatic heterocycles. The molecule has 160 valence electrons. The number of carbonyl (C=O) groups excluding carboxylic acids is 1. The molecule has 1 heterocycles. The van der Waals surface area contributed by atoms with Gasteiger partial charge in [-0.1, -0.05) is 66.4 Å². The number of carbonyl (C=O) groups is 1. The van der Waals surface area contributed by atoms with Crippen LogP contribution in [-0.2, 0) is 4.79 Å². The summed E-state index contributed by atoms with van der Waals surface area (Å²) < 4.78 is 0. The van der Waals surface area contributed by atoms with Gasteiger partial charge in [0, 0.05) is 11.9 Å². The van der Waals surface area contributed by atoms with Gasteiger partial charge in [-0.15, -0.1) is 0 Å². The van der Waals surface area contributed by atoms with Crippen molar-refractivity contribution >= 4 is 23.5 Å². The molecule has 28 heavy (non-hydrogen) atoms. The molecule has 0 aliphatic carbocycles. The number of nitrogens with one attached hydrogen (secondary N) is 1. The quantitative estimate of drug-likeness (QED) is 0.213. The van der Waals surface area contributed by atoms with E-state index in [1.165, 1.54) is 32.6 Å². The van der Waals surface area contributed by atoms with Crippen molar-refractivity contribution in [2.75, 3.05) is 0 Å². The summed E-state index contributed by atoms with van der Waals surface area (Å²) in [7, 11) is 0. The molecule has 4 heteroatoms. The minimum Gasteiger partial charge on any atom is -0.360 e. The minimum atomic E-state index is 0.509. The maximum Gasteiger partial charge on any atom is 0.125 e. The summed E-state index contributed by atoms with van der Waals surface area (Å²) in [6, 6.07) is 4.01. The molecule has 0 saturated carbocycles. The SMILES string of the molecule is CC/C=C(/N=C(C)N=C(C)C(C)CC)c1ccc[nH]1.CC=O.CCCCCC. The van der Waals surface area contributed by atoms with E-state index in [-0.39, 0.29) is 0 Å². The highest BCUT2D eigenvalue weighted by Crippen LogP contribution is 2.15. The molecule has 1 rings (SSSR count). The van der Waals surface area contributed by atoms with Gasteiger partial charge in [0.15, 0.2) is 0 Å².